The maximum Gasteiger partial charge on any atom is 0.250 e. The van der Waals surface area contributed by atoms with Crippen molar-refractivity contribution in [3.63, 3.8) is 0 Å². The van der Waals surface area contributed by atoms with E-state index in [2.05, 4.69) is 35.7 Å². The highest BCUT2D eigenvalue weighted by Gasteiger charge is 2.07. The molecule has 2 N–H and O–H groups in total. The maximum absolute atomic E-state index is 4.44. The van der Waals surface area contributed by atoms with Crippen LogP contribution in [0.15, 0.2) is 59.7 Å². The Bertz CT molecular complexity index is 937. The third-order valence-electron chi connectivity index (χ3n) is 4.10. The number of benzene rings is 2. The normalized spacial score (nSPS) is 10.8. The van der Waals surface area contributed by atoms with Crippen LogP contribution in [0.1, 0.15) is 11.1 Å². The van der Waals surface area contributed by atoms with Crippen LogP contribution in [0, 0.1) is 0 Å². The van der Waals surface area contributed by atoms with E-state index in [1.165, 1.54) is 0 Å². The fourth-order valence-corrected chi connectivity index (χ4v) is 2.49. The Labute approximate surface area is 171 Å². The third-order valence-corrected chi connectivity index (χ3v) is 4.10. The zero-order valence-electron chi connectivity index (χ0n) is 17.2. The Morgan fingerprint density at radius 1 is 0.828 bits per heavy atom. The summed E-state index contributed by atoms with van der Waals surface area (Å²) in [5.74, 6) is 1.41. The van der Waals surface area contributed by atoms with Crippen molar-refractivity contribution >= 4 is 29.7 Å². The quantitative estimate of drug-likeness (QED) is 0.452. The van der Waals surface area contributed by atoms with Gasteiger partial charge in [0.1, 0.15) is 0 Å². The Hall–Kier alpha value is -3.68. The van der Waals surface area contributed by atoms with E-state index in [1.807, 2.05) is 87.7 Å². The molecule has 0 atom stereocenters. The van der Waals surface area contributed by atoms with Gasteiger partial charge >= 0.3 is 0 Å². The fourth-order valence-electron chi connectivity index (χ4n) is 2.49. The molecule has 8 heteroatoms. The first-order valence-corrected chi connectivity index (χ1v) is 9.29. The van der Waals surface area contributed by atoms with Crippen molar-refractivity contribution in [3.8, 4) is 0 Å². The summed E-state index contributed by atoms with van der Waals surface area (Å²) >= 11 is 0. The molecule has 2 aromatic carbocycles. The standard InChI is InChI=1S/C21H26N8/c1-28(2)18-12-10-17(11-13-18)15-23-27-20-24-19(25-21(26-20)29(3)4)22-14-16-8-6-5-7-9-16/h5-13,15H,14H2,1-4H3,(H2,22,24,25,26,27)/b23-15+. The predicted octanol–water partition coefficient (Wildman–Crippen LogP) is 3.06. The lowest BCUT2D eigenvalue weighted by Crippen LogP contribution is -2.16. The van der Waals surface area contributed by atoms with E-state index >= 15 is 0 Å². The molecule has 0 bridgehead atoms. The number of rotatable bonds is 8. The maximum atomic E-state index is 4.44. The number of nitrogens with zero attached hydrogens (tertiary/aromatic N) is 6. The number of hydrogen-bond acceptors (Lipinski definition) is 8. The van der Waals surface area contributed by atoms with Crippen LogP contribution < -0.4 is 20.5 Å². The summed E-state index contributed by atoms with van der Waals surface area (Å²) in [5.41, 5.74) is 6.16. The smallest absolute Gasteiger partial charge is 0.250 e. The number of hydrogen-bond donors (Lipinski definition) is 2. The van der Waals surface area contributed by atoms with Crippen LogP contribution in [-0.4, -0.2) is 49.4 Å². The molecule has 0 aliphatic rings. The van der Waals surface area contributed by atoms with Crippen molar-refractivity contribution in [2.45, 2.75) is 6.54 Å². The highest BCUT2D eigenvalue weighted by atomic mass is 15.4. The topological polar surface area (TPSA) is 81.6 Å². The average Bonchev–Trinajstić information content (AvgIpc) is 2.73. The Morgan fingerprint density at radius 2 is 1.52 bits per heavy atom. The summed E-state index contributed by atoms with van der Waals surface area (Å²) in [6, 6.07) is 18.2. The monoisotopic (exact) mass is 390 g/mol. The number of hydrazone groups is 1. The molecule has 0 saturated heterocycles. The van der Waals surface area contributed by atoms with Crippen molar-refractivity contribution in [1.82, 2.24) is 15.0 Å². The summed E-state index contributed by atoms with van der Waals surface area (Å²) < 4.78 is 0. The molecule has 1 heterocycles. The van der Waals surface area contributed by atoms with Crippen LogP contribution in [0.4, 0.5) is 23.5 Å². The fraction of sp³-hybridized carbons (Fsp3) is 0.238. The lowest BCUT2D eigenvalue weighted by Gasteiger charge is -2.13. The lowest BCUT2D eigenvalue weighted by atomic mass is 10.2. The van der Waals surface area contributed by atoms with Gasteiger partial charge in [0.05, 0.1) is 6.21 Å². The van der Waals surface area contributed by atoms with Crippen LogP contribution in [0.2, 0.25) is 0 Å². The molecule has 0 radical (unpaired) electrons. The summed E-state index contributed by atoms with van der Waals surface area (Å²) in [5, 5.41) is 7.49. The van der Waals surface area contributed by atoms with Gasteiger partial charge in [0, 0.05) is 40.4 Å². The van der Waals surface area contributed by atoms with Crippen LogP contribution >= 0.6 is 0 Å². The predicted molar refractivity (Wildman–Crippen MR) is 120 cm³/mol. The van der Waals surface area contributed by atoms with Gasteiger partial charge in [0.25, 0.3) is 0 Å². The molecule has 3 aromatic rings. The van der Waals surface area contributed by atoms with E-state index in [0.29, 0.717) is 24.4 Å². The van der Waals surface area contributed by atoms with Crippen LogP contribution in [0.5, 0.6) is 0 Å². The minimum absolute atomic E-state index is 0.375. The number of aromatic nitrogens is 3. The highest BCUT2D eigenvalue weighted by molar-refractivity contribution is 5.80. The van der Waals surface area contributed by atoms with Gasteiger partial charge in [-0.1, -0.05) is 42.5 Å². The molecule has 0 saturated carbocycles. The summed E-state index contributed by atoms with van der Waals surface area (Å²) in [6.07, 6.45) is 1.73. The van der Waals surface area contributed by atoms with E-state index in [1.54, 1.807) is 6.21 Å². The first-order chi connectivity index (χ1) is 14.0. The second-order valence-electron chi connectivity index (χ2n) is 6.87. The molecule has 150 valence electrons. The van der Waals surface area contributed by atoms with Crippen molar-refractivity contribution in [2.24, 2.45) is 5.10 Å². The molecule has 0 fully saturated rings. The summed E-state index contributed by atoms with van der Waals surface area (Å²) in [7, 11) is 7.79. The SMILES string of the molecule is CN(C)c1ccc(/C=N/Nc2nc(NCc3ccccc3)nc(N(C)C)n2)cc1. The summed E-state index contributed by atoms with van der Waals surface area (Å²) in [6.45, 7) is 0.624. The molecule has 0 aliphatic heterocycles. The molecular formula is C21H26N8. The van der Waals surface area contributed by atoms with Crippen molar-refractivity contribution < 1.29 is 0 Å². The number of anilines is 4. The molecule has 8 nitrogen and oxygen atoms in total. The zero-order valence-corrected chi connectivity index (χ0v) is 17.2. The van der Waals surface area contributed by atoms with Crippen molar-refractivity contribution in [1.29, 1.82) is 0 Å². The van der Waals surface area contributed by atoms with E-state index in [9.17, 15) is 0 Å². The van der Waals surface area contributed by atoms with Gasteiger partial charge in [-0.3, -0.25) is 0 Å². The second-order valence-corrected chi connectivity index (χ2v) is 6.87. The van der Waals surface area contributed by atoms with Crippen LogP contribution in [-0.2, 0) is 6.54 Å². The molecule has 29 heavy (non-hydrogen) atoms. The third kappa shape index (κ3) is 5.90. The Kier molecular flexibility index (Phi) is 6.57. The highest BCUT2D eigenvalue weighted by Crippen LogP contribution is 2.13. The second kappa shape index (κ2) is 9.50. The molecule has 0 unspecified atom stereocenters. The first-order valence-electron chi connectivity index (χ1n) is 9.29. The van der Waals surface area contributed by atoms with Crippen molar-refractivity contribution in [2.75, 3.05) is 48.7 Å². The molecule has 1 aromatic heterocycles. The average molecular weight is 390 g/mol. The van der Waals surface area contributed by atoms with Crippen LogP contribution in [0.25, 0.3) is 0 Å². The largest absolute Gasteiger partial charge is 0.378 e. The van der Waals surface area contributed by atoms with Crippen molar-refractivity contribution in [3.05, 3.63) is 65.7 Å². The minimum Gasteiger partial charge on any atom is -0.378 e. The molecule has 0 aliphatic carbocycles. The van der Waals surface area contributed by atoms with E-state index in [0.717, 1.165) is 16.8 Å². The zero-order chi connectivity index (χ0) is 20.6. The minimum atomic E-state index is 0.375. The van der Waals surface area contributed by atoms with Gasteiger partial charge in [-0.25, -0.2) is 5.43 Å². The van der Waals surface area contributed by atoms with Gasteiger partial charge in [-0.15, -0.1) is 0 Å². The molecular weight excluding hydrogens is 364 g/mol. The first kappa shape index (κ1) is 20.1. The van der Waals surface area contributed by atoms with Gasteiger partial charge < -0.3 is 15.1 Å². The molecule has 3 rings (SSSR count). The van der Waals surface area contributed by atoms with E-state index < -0.39 is 0 Å². The van der Waals surface area contributed by atoms with E-state index in [-0.39, 0.29) is 0 Å². The van der Waals surface area contributed by atoms with Gasteiger partial charge in [-0.2, -0.15) is 20.1 Å². The molecule has 0 spiro atoms. The van der Waals surface area contributed by atoms with Gasteiger partial charge in [0.2, 0.25) is 17.8 Å². The van der Waals surface area contributed by atoms with Gasteiger partial charge in [-0.05, 0) is 23.3 Å². The summed E-state index contributed by atoms with van der Waals surface area (Å²) in [4.78, 5) is 17.1. The Balaban J connectivity index is 1.69. The lowest BCUT2D eigenvalue weighted by molar-refractivity contribution is 0.940. The molecule has 0 amide bonds. The van der Waals surface area contributed by atoms with Gasteiger partial charge in [0.15, 0.2) is 0 Å². The van der Waals surface area contributed by atoms with Crippen LogP contribution in [0.3, 0.4) is 0 Å². The Morgan fingerprint density at radius 3 is 2.17 bits per heavy atom. The van der Waals surface area contributed by atoms with E-state index in [4.69, 9.17) is 0 Å². The number of nitrogens with one attached hydrogen (secondary N) is 2.